The Kier molecular flexibility index (Phi) is 5.15. The second-order valence-corrected chi connectivity index (χ2v) is 4.47. The number of benzene rings is 2. The van der Waals surface area contributed by atoms with Gasteiger partial charge >= 0.3 is 0 Å². The first-order chi connectivity index (χ1) is 9.78. The van der Waals surface area contributed by atoms with Gasteiger partial charge in [0.05, 0.1) is 13.2 Å². The molecule has 0 bridgehead atoms. The Balaban J connectivity index is 1.77. The number of rotatable bonds is 6. The standard InChI is InChI=1S/C16H18N2O2/c19-12-14-7-4-8-15(9-14)17-11-16(20)18-10-13-5-2-1-3-6-13/h1-9,17,19H,10-12H2,(H,18,20). The fourth-order valence-electron chi connectivity index (χ4n) is 1.82. The predicted octanol–water partition coefficient (Wildman–Crippen LogP) is 1.91. The van der Waals surface area contributed by atoms with Gasteiger partial charge in [-0.25, -0.2) is 0 Å². The van der Waals surface area contributed by atoms with Crippen molar-refractivity contribution < 1.29 is 9.90 Å². The van der Waals surface area contributed by atoms with Gasteiger partial charge < -0.3 is 15.7 Å². The first-order valence-corrected chi connectivity index (χ1v) is 6.52. The molecule has 4 heteroatoms. The molecular weight excluding hydrogens is 252 g/mol. The van der Waals surface area contributed by atoms with Crippen LogP contribution in [0.5, 0.6) is 0 Å². The van der Waals surface area contributed by atoms with Gasteiger partial charge in [-0.1, -0.05) is 42.5 Å². The highest BCUT2D eigenvalue weighted by atomic mass is 16.3. The molecule has 0 saturated carbocycles. The molecule has 4 nitrogen and oxygen atoms in total. The summed E-state index contributed by atoms with van der Waals surface area (Å²) in [5.74, 6) is -0.0664. The van der Waals surface area contributed by atoms with Crippen LogP contribution in [-0.4, -0.2) is 17.6 Å². The van der Waals surface area contributed by atoms with Crippen LogP contribution < -0.4 is 10.6 Å². The van der Waals surface area contributed by atoms with Crippen molar-refractivity contribution in [2.24, 2.45) is 0 Å². The van der Waals surface area contributed by atoms with Crippen LogP contribution in [-0.2, 0) is 17.9 Å². The fourth-order valence-corrected chi connectivity index (χ4v) is 1.82. The highest BCUT2D eigenvalue weighted by Crippen LogP contribution is 2.09. The number of aliphatic hydroxyl groups excluding tert-OH is 1. The van der Waals surface area contributed by atoms with Crippen LogP contribution >= 0.6 is 0 Å². The number of aliphatic hydroxyl groups is 1. The average molecular weight is 270 g/mol. The number of carbonyl (C=O) groups is 1. The lowest BCUT2D eigenvalue weighted by atomic mass is 10.2. The molecule has 0 heterocycles. The van der Waals surface area contributed by atoms with E-state index in [1.807, 2.05) is 54.6 Å². The maximum absolute atomic E-state index is 11.7. The second kappa shape index (κ2) is 7.31. The maximum Gasteiger partial charge on any atom is 0.239 e. The average Bonchev–Trinajstić information content (AvgIpc) is 2.52. The molecule has 0 atom stereocenters. The number of hydrogen-bond acceptors (Lipinski definition) is 3. The van der Waals surface area contributed by atoms with Crippen molar-refractivity contribution in [3.05, 3.63) is 65.7 Å². The molecule has 0 fully saturated rings. The molecule has 0 aliphatic carbocycles. The van der Waals surface area contributed by atoms with Gasteiger partial charge in [0, 0.05) is 12.2 Å². The minimum Gasteiger partial charge on any atom is -0.392 e. The molecule has 1 amide bonds. The molecule has 0 aliphatic rings. The minimum atomic E-state index is -0.0664. The molecule has 0 saturated heterocycles. The van der Waals surface area contributed by atoms with Crippen molar-refractivity contribution in [2.45, 2.75) is 13.2 Å². The topological polar surface area (TPSA) is 61.4 Å². The van der Waals surface area contributed by atoms with E-state index in [1.165, 1.54) is 0 Å². The lowest BCUT2D eigenvalue weighted by Crippen LogP contribution is -2.29. The van der Waals surface area contributed by atoms with E-state index in [0.717, 1.165) is 16.8 Å². The van der Waals surface area contributed by atoms with Gasteiger partial charge in [-0.05, 0) is 23.3 Å². The van der Waals surface area contributed by atoms with Gasteiger partial charge in [-0.3, -0.25) is 4.79 Å². The third kappa shape index (κ3) is 4.40. The molecule has 0 unspecified atom stereocenters. The minimum absolute atomic E-state index is 0.00424. The number of anilines is 1. The number of amides is 1. The largest absolute Gasteiger partial charge is 0.392 e. The van der Waals surface area contributed by atoms with E-state index in [4.69, 9.17) is 5.11 Å². The zero-order valence-electron chi connectivity index (χ0n) is 11.2. The highest BCUT2D eigenvalue weighted by Gasteiger charge is 2.01. The summed E-state index contributed by atoms with van der Waals surface area (Å²) in [7, 11) is 0. The van der Waals surface area contributed by atoms with Gasteiger partial charge in [0.2, 0.25) is 5.91 Å². The van der Waals surface area contributed by atoms with Crippen molar-refractivity contribution in [2.75, 3.05) is 11.9 Å². The first kappa shape index (κ1) is 14.1. The summed E-state index contributed by atoms with van der Waals surface area (Å²) in [5, 5.41) is 14.9. The lowest BCUT2D eigenvalue weighted by Gasteiger charge is -2.08. The Morgan fingerprint density at radius 3 is 2.50 bits per heavy atom. The van der Waals surface area contributed by atoms with Gasteiger partial charge in [0.25, 0.3) is 0 Å². The molecule has 0 radical (unpaired) electrons. The van der Waals surface area contributed by atoms with E-state index in [2.05, 4.69) is 10.6 Å². The van der Waals surface area contributed by atoms with Gasteiger partial charge in [-0.2, -0.15) is 0 Å². The quantitative estimate of drug-likeness (QED) is 0.751. The van der Waals surface area contributed by atoms with Gasteiger partial charge in [0.1, 0.15) is 0 Å². The van der Waals surface area contributed by atoms with Crippen LogP contribution in [0.15, 0.2) is 54.6 Å². The predicted molar refractivity (Wildman–Crippen MR) is 79.1 cm³/mol. The molecule has 20 heavy (non-hydrogen) atoms. The Morgan fingerprint density at radius 2 is 1.75 bits per heavy atom. The third-order valence-corrected chi connectivity index (χ3v) is 2.90. The van der Waals surface area contributed by atoms with Crippen molar-refractivity contribution >= 4 is 11.6 Å². The van der Waals surface area contributed by atoms with E-state index in [1.54, 1.807) is 0 Å². The van der Waals surface area contributed by atoms with Crippen molar-refractivity contribution in [3.63, 3.8) is 0 Å². The number of nitrogens with one attached hydrogen (secondary N) is 2. The number of carbonyl (C=O) groups excluding carboxylic acids is 1. The summed E-state index contributed by atoms with van der Waals surface area (Å²) in [5.41, 5.74) is 2.72. The zero-order chi connectivity index (χ0) is 14.2. The van der Waals surface area contributed by atoms with Crippen LogP contribution in [0.2, 0.25) is 0 Å². The summed E-state index contributed by atoms with van der Waals surface area (Å²) in [4.78, 5) is 11.7. The van der Waals surface area contributed by atoms with Crippen LogP contribution in [0, 0.1) is 0 Å². The van der Waals surface area contributed by atoms with Gasteiger partial charge in [0.15, 0.2) is 0 Å². The highest BCUT2D eigenvalue weighted by molar-refractivity contribution is 5.80. The third-order valence-electron chi connectivity index (χ3n) is 2.90. The smallest absolute Gasteiger partial charge is 0.239 e. The Bertz CT molecular complexity index is 555. The molecule has 0 aromatic heterocycles. The van der Waals surface area contributed by atoms with E-state index in [9.17, 15) is 4.79 Å². The van der Waals surface area contributed by atoms with Crippen molar-refractivity contribution in [1.82, 2.24) is 5.32 Å². The van der Waals surface area contributed by atoms with Gasteiger partial charge in [-0.15, -0.1) is 0 Å². The first-order valence-electron chi connectivity index (χ1n) is 6.52. The maximum atomic E-state index is 11.7. The summed E-state index contributed by atoms with van der Waals surface area (Å²) in [6.07, 6.45) is 0. The van der Waals surface area contributed by atoms with Crippen LogP contribution in [0.25, 0.3) is 0 Å². The summed E-state index contributed by atoms with van der Waals surface area (Å²) in [6.45, 7) is 0.732. The molecule has 0 aliphatic heterocycles. The van der Waals surface area contributed by atoms with Crippen LogP contribution in [0.3, 0.4) is 0 Å². The summed E-state index contributed by atoms with van der Waals surface area (Å²) in [6, 6.07) is 17.1. The molecular formula is C16H18N2O2. The normalized spacial score (nSPS) is 10.1. The monoisotopic (exact) mass is 270 g/mol. The zero-order valence-corrected chi connectivity index (χ0v) is 11.2. The van der Waals surface area contributed by atoms with Crippen molar-refractivity contribution in [1.29, 1.82) is 0 Å². The Morgan fingerprint density at radius 1 is 1.00 bits per heavy atom. The molecule has 2 rings (SSSR count). The molecule has 2 aromatic rings. The van der Waals surface area contributed by atoms with E-state index in [-0.39, 0.29) is 19.1 Å². The van der Waals surface area contributed by atoms with E-state index < -0.39 is 0 Å². The molecule has 104 valence electrons. The van der Waals surface area contributed by atoms with Crippen molar-refractivity contribution in [3.8, 4) is 0 Å². The number of hydrogen-bond donors (Lipinski definition) is 3. The summed E-state index contributed by atoms with van der Waals surface area (Å²) >= 11 is 0. The fraction of sp³-hybridized carbons (Fsp3) is 0.188. The van der Waals surface area contributed by atoms with E-state index in [0.29, 0.717) is 6.54 Å². The molecule has 3 N–H and O–H groups in total. The SMILES string of the molecule is O=C(CNc1cccc(CO)c1)NCc1ccccc1. The Hall–Kier alpha value is -2.33. The second-order valence-electron chi connectivity index (χ2n) is 4.47. The van der Waals surface area contributed by atoms with E-state index >= 15 is 0 Å². The molecule has 0 spiro atoms. The summed E-state index contributed by atoms with van der Waals surface area (Å²) < 4.78 is 0. The Labute approximate surface area is 118 Å². The van der Waals surface area contributed by atoms with Crippen LogP contribution in [0.4, 0.5) is 5.69 Å². The molecule has 2 aromatic carbocycles. The van der Waals surface area contributed by atoms with Crippen LogP contribution in [0.1, 0.15) is 11.1 Å². The lowest BCUT2D eigenvalue weighted by molar-refractivity contribution is -0.119.